The number of hydrogen-bond acceptors (Lipinski definition) is 3. The molecule has 5 heteroatoms. The monoisotopic (exact) mass is 394 g/mol. The van der Waals surface area contributed by atoms with Crippen LogP contribution in [0, 0.1) is 13.8 Å². The summed E-state index contributed by atoms with van der Waals surface area (Å²) >= 11 is 1.51. The molecule has 1 aromatic heterocycles. The molecule has 4 nitrogen and oxygen atoms in total. The van der Waals surface area contributed by atoms with Crippen LogP contribution < -0.4 is 9.54 Å². The van der Waals surface area contributed by atoms with Crippen molar-refractivity contribution < 1.29 is 9.53 Å². The van der Waals surface area contributed by atoms with Crippen molar-refractivity contribution in [3.8, 4) is 5.75 Å². The molecule has 2 aromatic carbocycles. The molecule has 1 amide bonds. The Morgan fingerprint density at radius 2 is 1.89 bits per heavy atom. The summed E-state index contributed by atoms with van der Waals surface area (Å²) in [6.07, 6.45) is 1.82. The van der Waals surface area contributed by atoms with Crippen LogP contribution in [-0.4, -0.2) is 17.1 Å². The average molecular weight is 395 g/mol. The fraction of sp³-hybridized carbons (Fsp3) is 0.304. The van der Waals surface area contributed by atoms with Crippen molar-refractivity contribution in [2.75, 3.05) is 6.61 Å². The molecular weight excluding hydrogens is 368 g/mol. The largest absolute Gasteiger partial charge is 0.484 e. The van der Waals surface area contributed by atoms with E-state index in [0.717, 1.165) is 10.2 Å². The molecule has 0 aliphatic heterocycles. The van der Waals surface area contributed by atoms with Crippen molar-refractivity contribution in [1.82, 2.24) is 4.57 Å². The summed E-state index contributed by atoms with van der Waals surface area (Å²) in [6, 6.07) is 12.1. The summed E-state index contributed by atoms with van der Waals surface area (Å²) < 4.78 is 8.75. The smallest absolute Gasteiger partial charge is 0.286 e. The predicted octanol–water partition coefficient (Wildman–Crippen LogP) is 5.14. The van der Waals surface area contributed by atoms with E-state index >= 15 is 0 Å². The molecule has 0 saturated heterocycles. The third kappa shape index (κ3) is 4.42. The van der Waals surface area contributed by atoms with Crippen LogP contribution in [0.1, 0.15) is 36.5 Å². The number of hydrogen-bond donors (Lipinski definition) is 0. The molecule has 0 aliphatic carbocycles. The van der Waals surface area contributed by atoms with Crippen LogP contribution in [0.3, 0.4) is 0 Å². The maximum atomic E-state index is 12.4. The van der Waals surface area contributed by atoms with Crippen LogP contribution >= 0.6 is 11.3 Å². The molecule has 0 spiro atoms. The molecule has 0 bridgehead atoms. The second-order valence-corrected chi connectivity index (χ2v) is 8.22. The fourth-order valence-electron chi connectivity index (χ4n) is 2.95. The number of fused-ring (bicyclic) bond motifs is 1. The average Bonchev–Trinajstić information content (AvgIpc) is 2.97. The summed E-state index contributed by atoms with van der Waals surface area (Å²) in [5.74, 6) is 0.839. The number of allylic oxidation sites excluding steroid dienone is 1. The Labute approximate surface area is 169 Å². The number of carbonyl (C=O) groups excluding carboxylic acids is 1. The standard InChI is InChI=1S/C23H26N2O2S/c1-6-11-25-20-12-16(4)17(5)13-21(20)28-23(25)24-22(26)14-27-19-9-7-18(8-10-19)15(2)3/h6-10,12-13,15H,1,11,14H2,2-5H3. The van der Waals surface area contributed by atoms with Crippen molar-refractivity contribution in [2.45, 2.75) is 40.2 Å². The SMILES string of the molecule is C=CCn1c(=NC(=O)COc2ccc(C(C)C)cc2)sc2cc(C)c(C)cc21. The Bertz CT molecular complexity index is 1070. The van der Waals surface area contributed by atoms with Gasteiger partial charge in [0.15, 0.2) is 11.4 Å². The van der Waals surface area contributed by atoms with Gasteiger partial charge < -0.3 is 9.30 Å². The number of rotatable bonds is 6. The Morgan fingerprint density at radius 3 is 2.54 bits per heavy atom. The molecule has 0 atom stereocenters. The molecule has 0 saturated carbocycles. The Hall–Kier alpha value is -2.66. The first-order valence-corrected chi connectivity index (χ1v) is 10.2. The van der Waals surface area contributed by atoms with Crippen molar-refractivity contribution in [3.63, 3.8) is 0 Å². The quantitative estimate of drug-likeness (QED) is 0.544. The van der Waals surface area contributed by atoms with Gasteiger partial charge >= 0.3 is 0 Å². The molecule has 0 unspecified atom stereocenters. The maximum Gasteiger partial charge on any atom is 0.286 e. The Balaban J connectivity index is 1.83. The van der Waals surface area contributed by atoms with Gasteiger partial charge in [0.1, 0.15) is 5.75 Å². The van der Waals surface area contributed by atoms with E-state index in [1.807, 2.05) is 34.9 Å². The van der Waals surface area contributed by atoms with Crippen molar-refractivity contribution in [2.24, 2.45) is 4.99 Å². The van der Waals surface area contributed by atoms with Crippen molar-refractivity contribution in [1.29, 1.82) is 0 Å². The number of aryl methyl sites for hydroxylation is 2. The number of benzene rings is 2. The summed E-state index contributed by atoms with van der Waals surface area (Å²) in [5.41, 5.74) is 4.76. The summed E-state index contributed by atoms with van der Waals surface area (Å²) in [5, 5.41) is 0. The van der Waals surface area contributed by atoms with E-state index in [0.29, 0.717) is 23.0 Å². The highest BCUT2D eigenvalue weighted by atomic mass is 32.1. The molecule has 146 valence electrons. The van der Waals surface area contributed by atoms with E-state index in [1.165, 1.54) is 28.0 Å². The second kappa shape index (κ2) is 8.57. The minimum absolute atomic E-state index is 0.0819. The van der Waals surface area contributed by atoms with E-state index in [9.17, 15) is 4.79 Å². The predicted molar refractivity (Wildman–Crippen MR) is 116 cm³/mol. The molecule has 3 aromatic rings. The van der Waals surface area contributed by atoms with Gasteiger partial charge in [-0.15, -0.1) is 6.58 Å². The van der Waals surface area contributed by atoms with Crippen LogP contribution in [0.4, 0.5) is 0 Å². The summed E-state index contributed by atoms with van der Waals surface area (Å²) in [7, 11) is 0. The first-order chi connectivity index (χ1) is 13.4. The lowest BCUT2D eigenvalue weighted by Crippen LogP contribution is -2.19. The lowest BCUT2D eigenvalue weighted by atomic mass is 10.0. The van der Waals surface area contributed by atoms with E-state index in [-0.39, 0.29) is 12.5 Å². The minimum Gasteiger partial charge on any atom is -0.484 e. The highest BCUT2D eigenvalue weighted by molar-refractivity contribution is 7.16. The number of thiazole rings is 1. The van der Waals surface area contributed by atoms with Gasteiger partial charge in [-0.1, -0.05) is 43.4 Å². The van der Waals surface area contributed by atoms with Gasteiger partial charge in [0, 0.05) is 6.54 Å². The van der Waals surface area contributed by atoms with Gasteiger partial charge in [0.05, 0.1) is 10.2 Å². The van der Waals surface area contributed by atoms with Crippen LogP contribution in [0.5, 0.6) is 5.75 Å². The van der Waals surface area contributed by atoms with Gasteiger partial charge in [-0.25, -0.2) is 0 Å². The number of aromatic nitrogens is 1. The minimum atomic E-state index is -0.300. The zero-order chi connectivity index (χ0) is 20.3. The van der Waals surface area contributed by atoms with E-state index < -0.39 is 0 Å². The zero-order valence-corrected chi connectivity index (χ0v) is 17.7. The third-order valence-electron chi connectivity index (χ3n) is 4.74. The van der Waals surface area contributed by atoms with Gasteiger partial charge in [0.25, 0.3) is 5.91 Å². The van der Waals surface area contributed by atoms with Crippen molar-refractivity contribution >= 4 is 27.5 Å². The second-order valence-electron chi connectivity index (χ2n) is 7.21. The molecule has 0 radical (unpaired) electrons. The van der Waals surface area contributed by atoms with E-state index in [4.69, 9.17) is 4.74 Å². The Morgan fingerprint density at radius 1 is 1.21 bits per heavy atom. The summed E-state index contributed by atoms with van der Waals surface area (Å²) in [4.78, 5) is 17.4. The molecule has 1 heterocycles. The lowest BCUT2D eigenvalue weighted by Gasteiger charge is -2.07. The molecule has 28 heavy (non-hydrogen) atoms. The fourth-order valence-corrected chi connectivity index (χ4v) is 4.08. The highest BCUT2D eigenvalue weighted by Gasteiger charge is 2.09. The van der Waals surface area contributed by atoms with Crippen LogP contribution in [0.25, 0.3) is 10.2 Å². The van der Waals surface area contributed by atoms with Crippen molar-refractivity contribution in [3.05, 3.63) is 70.5 Å². The maximum absolute atomic E-state index is 12.4. The summed E-state index contributed by atoms with van der Waals surface area (Å²) in [6.45, 7) is 12.8. The number of carbonyl (C=O) groups is 1. The molecule has 0 N–H and O–H groups in total. The lowest BCUT2D eigenvalue weighted by molar-refractivity contribution is -0.120. The third-order valence-corrected chi connectivity index (χ3v) is 5.78. The molecule has 3 rings (SSSR count). The van der Waals surface area contributed by atoms with Crippen LogP contribution in [-0.2, 0) is 11.3 Å². The highest BCUT2D eigenvalue weighted by Crippen LogP contribution is 2.22. The normalized spacial score (nSPS) is 12.0. The first-order valence-electron chi connectivity index (χ1n) is 9.41. The van der Waals surface area contributed by atoms with E-state index in [1.54, 1.807) is 0 Å². The van der Waals surface area contributed by atoms with Gasteiger partial charge in [0.2, 0.25) is 0 Å². The van der Waals surface area contributed by atoms with Gasteiger partial charge in [-0.3, -0.25) is 4.79 Å². The van der Waals surface area contributed by atoms with Crippen LogP contribution in [0.15, 0.2) is 54.0 Å². The first kappa shape index (κ1) is 20.1. The Kier molecular flexibility index (Phi) is 6.15. The molecule has 0 aliphatic rings. The van der Waals surface area contributed by atoms with Crippen LogP contribution in [0.2, 0.25) is 0 Å². The number of amides is 1. The van der Waals surface area contributed by atoms with E-state index in [2.05, 4.69) is 51.4 Å². The molecular formula is C23H26N2O2S. The van der Waals surface area contributed by atoms with Gasteiger partial charge in [-0.05, 0) is 60.7 Å². The van der Waals surface area contributed by atoms with Gasteiger partial charge in [-0.2, -0.15) is 4.99 Å². The number of ether oxygens (including phenoxy) is 1. The zero-order valence-electron chi connectivity index (χ0n) is 16.9. The topological polar surface area (TPSA) is 43.6 Å². The number of nitrogens with zero attached hydrogens (tertiary/aromatic N) is 2. The molecule has 0 fully saturated rings.